The number of nitrogens with zero attached hydrogens (tertiary/aromatic N) is 2. The highest BCUT2D eigenvalue weighted by atomic mass is 15.5. The zero-order chi connectivity index (χ0) is 14.3. The Morgan fingerprint density at radius 1 is 0.500 bits per heavy atom. The summed E-state index contributed by atoms with van der Waals surface area (Å²) in [5.74, 6) is 0. The Balaban J connectivity index is 1.70. The minimum Gasteiger partial charge on any atom is -0.310 e. The summed E-state index contributed by atoms with van der Waals surface area (Å²) in [5, 5.41) is 0. The topological polar surface area (TPSA) is 0 Å². The maximum absolute atomic E-state index is 2.32. The summed E-state index contributed by atoms with van der Waals surface area (Å²) in [5.41, 5.74) is 0. The van der Waals surface area contributed by atoms with Crippen LogP contribution < -0.4 is 0 Å². The van der Waals surface area contributed by atoms with E-state index in [1.807, 2.05) is 0 Å². The Hall–Kier alpha value is -0.0800. The molecule has 0 unspecified atom stereocenters. The van der Waals surface area contributed by atoms with Crippen molar-refractivity contribution < 1.29 is 8.97 Å². The Morgan fingerprint density at radius 3 is 1.15 bits per heavy atom. The van der Waals surface area contributed by atoms with Crippen LogP contribution >= 0.6 is 0 Å². The third-order valence-electron chi connectivity index (χ3n) is 6.12. The molecule has 3 aliphatic heterocycles. The van der Waals surface area contributed by atoms with Crippen LogP contribution in [0.1, 0.15) is 65.2 Å². The van der Waals surface area contributed by atoms with E-state index in [2.05, 4.69) is 13.8 Å². The largest absolute Gasteiger partial charge is 0.310 e. The lowest BCUT2D eigenvalue weighted by molar-refractivity contribution is -1.08. The fourth-order valence-corrected chi connectivity index (χ4v) is 4.36. The van der Waals surface area contributed by atoms with Gasteiger partial charge in [-0.05, 0) is 25.7 Å². The number of piperazine rings is 3. The van der Waals surface area contributed by atoms with Crippen LogP contribution in [0.5, 0.6) is 0 Å². The zero-order valence-corrected chi connectivity index (χ0v) is 14.2. The molecule has 0 aromatic carbocycles. The highest BCUT2D eigenvalue weighted by Gasteiger charge is 2.47. The van der Waals surface area contributed by atoms with Gasteiger partial charge in [0.05, 0.1) is 13.1 Å². The molecule has 0 N–H and O–H groups in total. The first-order chi connectivity index (χ1) is 9.74. The molecule has 20 heavy (non-hydrogen) atoms. The lowest BCUT2D eigenvalue weighted by atomic mass is 10.0. The first-order valence-corrected chi connectivity index (χ1v) is 9.44. The molecule has 3 aliphatic rings. The van der Waals surface area contributed by atoms with Crippen molar-refractivity contribution in [3.05, 3.63) is 0 Å². The van der Waals surface area contributed by atoms with Gasteiger partial charge >= 0.3 is 0 Å². The number of hydrogen-bond donors (Lipinski definition) is 0. The van der Waals surface area contributed by atoms with Crippen molar-refractivity contribution in [1.29, 1.82) is 0 Å². The molecule has 0 amide bonds. The monoisotopic (exact) mass is 282 g/mol. The molecule has 0 aromatic rings. The average Bonchev–Trinajstić information content (AvgIpc) is 2.50. The van der Waals surface area contributed by atoms with Gasteiger partial charge in [0.25, 0.3) is 0 Å². The second-order valence-corrected chi connectivity index (χ2v) is 7.59. The zero-order valence-electron chi connectivity index (χ0n) is 14.2. The predicted octanol–water partition coefficient (Wildman–Crippen LogP) is 3.81. The van der Waals surface area contributed by atoms with Crippen molar-refractivity contribution in [3.63, 3.8) is 0 Å². The van der Waals surface area contributed by atoms with E-state index in [9.17, 15) is 0 Å². The van der Waals surface area contributed by atoms with Crippen molar-refractivity contribution in [2.75, 3.05) is 52.4 Å². The molecule has 0 aromatic heterocycles. The number of hydrogen-bond acceptors (Lipinski definition) is 0. The van der Waals surface area contributed by atoms with E-state index in [0.29, 0.717) is 0 Å². The summed E-state index contributed by atoms with van der Waals surface area (Å²) in [6.45, 7) is 16.5. The van der Waals surface area contributed by atoms with Crippen LogP contribution in [0.15, 0.2) is 0 Å². The number of unbranched alkanes of at least 4 members (excludes halogenated alkanes) is 6. The predicted molar refractivity (Wildman–Crippen MR) is 87.7 cm³/mol. The van der Waals surface area contributed by atoms with Crippen LogP contribution in [0.4, 0.5) is 0 Å². The highest BCUT2D eigenvalue weighted by Crippen LogP contribution is 2.28. The summed E-state index contributed by atoms with van der Waals surface area (Å²) >= 11 is 0. The molecule has 3 rings (SSSR count). The Labute approximate surface area is 127 Å². The van der Waals surface area contributed by atoms with Crippen molar-refractivity contribution in [2.45, 2.75) is 65.2 Å². The standard InChI is InChI=1S/C18H38N2/c1-3-5-7-9-11-19-13-16-20(17-14-19,18-15-19)12-10-8-6-4-2/h3-18H2,1-2H3/q+2. The molecule has 2 nitrogen and oxygen atoms in total. The molecule has 118 valence electrons. The van der Waals surface area contributed by atoms with Crippen molar-refractivity contribution in [3.8, 4) is 0 Å². The van der Waals surface area contributed by atoms with E-state index in [4.69, 9.17) is 0 Å². The van der Waals surface area contributed by atoms with Crippen molar-refractivity contribution in [1.82, 2.24) is 0 Å². The minimum atomic E-state index is 1.37. The molecular formula is C18H38N2+2. The summed E-state index contributed by atoms with van der Waals surface area (Å²) in [6, 6.07) is 0. The van der Waals surface area contributed by atoms with Gasteiger partial charge in [0.15, 0.2) is 0 Å². The molecule has 3 heterocycles. The van der Waals surface area contributed by atoms with Gasteiger partial charge in [0.2, 0.25) is 0 Å². The highest BCUT2D eigenvalue weighted by molar-refractivity contribution is 4.63. The molecule has 0 saturated carbocycles. The second kappa shape index (κ2) is 7.79. The first kappa shape index (κ1) is 16.3. The smallest absolute Gasteiger partial charge is 0.129 e. The lowest BCUT2D eigenvalue weighted by Crippen LogP contribution is -2.75. The Morgan fingerprint density at radius 2 is 0.850 bits per heavy atom. The van der Waals surface area contributed by atoms with Crippen LogP contribution in [-0.4, -0.2) is 61.3 Å². The quantitative estimate of drug-likeness (QED) is 0.422. The molecule has 2 bridgehead atoms. The summed E-state index contributed by atoms with van der Waals surface area (Å²) in [6.07, 6.45) is 11.5. The molecular weight excluding hydrogens is 244 g/mol. The molecule has 0 spiro atoms. The minimum absolute atomic E-state index is 1.37. The van der Waals surface area contributed by atoms with Gasteiger partial charge < -0.3 is 8.97 Å². The molecule has 3 fully saturated rings. The van der Waals surface area contributed by atoms with Gasteiger partial charge in [-0.3, -0.25) is 0 Å². The third-order valence-corrected chi connectivity index (χ3v) is 6.12. The first-order valence-electron chi connectivity index (χ1n) is 9.44. The third kappa shape index (κ3) is 4.21. The van der Waals surface area contributed by atoms with Gasteiger partial charge in [-0.1, -0.05) is 39.5 Å². The fourth-order valence-electron chi connectivity index (χ4n) is 4.36. The van der Waals surface area contributed by atoms with Crippen LogP contribution in [-0.2, 0) is 0 Å². The average molecular weight is 283 g/mol. The maximum atomic E-state index is 2.32. The number of rotatable bonds is 10. The Kier molecular flexibility index (Phi) is 6.35. The lowest BCUT2D eigenvalue weighted by Gasteiger charge is -2.55. The van der Waals surface area contributed by atoms with E-state index in [1.165, 1.54) is 113 Å². The van der Waals surface area contributed by atoms with E-state index in [0.717, 1.165) is 0 Å². The molecule has 0 radical (unpaired) electrons. The van der Waals surface area contributed by atoms with Gasteiger partial charge in [-0.25, -0.2) is 0 Å². The van der Waals surface area contributed by atoms with Crippen molar-refractivity contribution >= 4 is 0 Å². The van der Waals surface area contributed by atoms with Gasteiger partial charge in [-0.2, -0.15) is 0 Å². The van der Waals surface area contributed by atoms with E-state index >= 15 is 0 Å². The molecule has 0 aliphatic carbocycles. The molecule has 2 heteroatoms. The Bertz CT molecular complexity index is 222. The summed E-state index contributed by atoms with van der Waals surface area (Å²) in [4.78, 5) is 0. The fraction of sp³-hybridized carbons (Fsp3) is 1.00. The number of fused-ring (bicyclic) bond motifs is 3. The van der Waals surface area contributed by atoms with Crippen LogP contribution in [0.25, 0.3) is 0 Å². The van der Waals surface area contributed by atoms with Gasteiger partial charge in [-0.15, -0.1) is 0 Å². The normalized spacial score (nSPS) is 32.7. The molecule has 0 atom stereocenters. The second-order valence-electron chi connectivity index (χ2n) is 7.59. The summed E-state index contributed by atoms with van der Waals surface area (Å²) < 4.78 is 2.97. The van der Waals surface area contributed by atoms with Crippen LogP contribution in [0.3, 0.4) is 0 Å². The van der Waals surface area contributed by atoms with Crippen LogP contribution in [0.2, 0.25) is 0 Å². The van der Waals surface area contributed by atoms with E-state index in [1.54, 1.807) is 0 Å². The SMILES string of the molecule is CCCCCC[N+]12CC[N+](CCCCCC)(CC1)CC2. The summed E-state index contributed by atoms with van der Waals surface area (Å²) in [7, 11) is 0. The van der Waals surface area contributed by atoms with Gasteiger partial charge in [0.1, 0.15) is 39.3 Å². The van der Waals surface area contributed by atoms with E-state index in [-0.39, 0.29) is 0 Å². The van der Waals surface area contributed by atoms with Gasteiger partial charge in [0, 0.05) is 0 Å². The van der Waals surface area contributed by atoms with E-state index < -0.39 is 0 Å². The molecule has 3 saturated heterocycles. The number of quaternary nitrogens is 2. The maximum Gasteiger partial charge on any atom is 0.129 e. The van der Waals surface area contributed by atoms with Crippen molar-refractivity contribution in [2.24, 2.45) is 0 Å². The van der Waals surface area contributed by atoms with Crippen LogP contribution in [0, 0.1) is 0 Å².